The number of amides is 1. The molecule has 1 fully saturated rings. The first-order valence-corrected chi connectivity index (χ1v) is 14.4. The van der Waals surface area contributed by atoms with Gasteiger partial charge < -0.3 is 40.6 Å². The second-order valence-electron chi connectivity index (χ2n) is 10.5. The monoisotopic (exact) mass is 704 g/mol. The van der Waals surface area contributed by atoms with Crippen LogP contribution in [-0.4, -0.2) is 69.8 Å². The van der Waals surface area contributed by atoms with Crippen LogP contribution in [0.1, 0.15) is 49.7 Å². The number of aliphatic hydroxyl groups excluding tert-OH is 1. The molecule has 1 heterocycles. The first-order valence-electron chi connectivity index (χ1n) is 14.4. The minimum atomic E-state index is -1.18. The summed E-state index contributed by atoms with van der Waals surface area (Å²) in [5, 5.41) is 38.9. The van der Waals surface area contributed by atoms with Crippen molar-refractivity contribution < 1.29 is 86.8 Å². The molecule has 14 heteroatoms. The third-order valence-corrected chi connectivity index (χ3v) is 7.07. The Bertz CT molecular complexity index is 1250. The van der Waals surface area contributed by atoms with Gasteiger partial charge in [-0.1, -0.05) is 54.6 Å². The van der Waals surface area contributed by atoms with Crippen LogP contribution in [0.4, 0.5) is 10.5 Å². The van der Waals surface area contributed by atoms with Crippen LogP contribution >= 0.6 is 0 Å². The fourth-order valence-corrected chi connectivity index (χ4v) is 4.65. The molecule has 13 nitrogen and oxygen atoms in total. The van der Waals surface area contributed by atoms with E-state index in [1.807, 2.05) is 36.4 Å². The number of rotatable bonds is 10. The zero-order valence-electron chi connectivity index (χ0n) is 24.7. The third kappa shape index (κ3) is 13.8. The number of hydrogen-bond donors (Lipinski definition) is 5. The molecule has 45 heavy (non-hydrogen) atoms. The quantitative estimate of drug-likeness (QED) is 0.129. The summed E-state index contributed by atoms with van der Waals surface area (Å²) in [6.45, 7) is 0.312. The van der Waals surface area contributed by atoms with Crippen molar-refractivity contribution >= 4 is 23.7 Å². The van der Waals surface area contributed by atoms with Crippen molar-refractivity contribution in [2.24, 2.45) is 5.92 Å². The van der Waals surface area contributed by atoms with E-state index in [4.69, 9.17) is 35.4 Å². The Balaban J connectivity index is 0.000000424. The molecule has 4 rings (SSSR count). The summed E-state index contributed by atoms with van der Waals surface area (Å²) in [4.78, 5) is 38.1. The maximum Gasteiger partial charge on any atom is 0.407 e. The number of benzene rings is 2. The number of aliphatic carboxylic acids is 2. The first kappa shape index (κ1) is 38.1. The van der Waals surface area contributed by atoms with Crippen LogP contribution in [0.3, 0.4) is 0 Å². The number of alkyl carbamates (subject to hydrolysis) is 1. The zero-order chi connectivity index (χ0) is 31.9. The Labute approximate surface area is 286 Å². The van der Waals surface area contributed by atoms with E-state index in [0.29, 0.717) is 37.8 Å². The summed E-state index contributed by atoms with van der Waals surface area (Å²) in [6.07, 6.45) is 2.91. The van der Waals surface area contributed by atoms with E-state index in [0.717, 1.165) is 12.0 Å². The smallest absolute Gasteiger partial charge is 0.407 e. The van der Waals surface area contributed by atoms with E-state index < -0.39 is 36.5 Å². The van der Waals surface area contributed by atoms with Gasteiger partial charge in [0.15, 0.2) is 6.10 Å². The van der Waals surface area contributed by atoms with Crippen LogP contribution in [0.15, 0.2) is 60.7 Å². The van der Waals surface area contributed by atoms with E-state index in [1.54, 1.807) is 12.1 Å². The molecular weight excluding hydrogens is 665 g/mol. The Morgan fingerprint density at radius 1 is 1.00 bits per heavy atom. The van der Waals surface area contributed by atoms with Crippen LogP contribution < -0.4 is 10.1 Å². The molecule has 0 bridgehead atoms. The molecule has 0 spiro atoms. The van der Waals surface area contributed by atoms with Crippen LogP contribution in [0.25, 0.3) is 5.73 Å². The number of hydrogen-bond acceptors (Lipinski definition) is 9. The average Bonchev–Trinajstić information content (AvgIpc) is 2.97. The molecular formula is C31H39N2O11Y-. The topological polar surface area (TPSA) is 205 Å². The molecule has 5 atom stereocenters. The summed E-state index contributed by atoms with van der Waals surface area (Å²) in [5.41, 5.74) is 9.55. The summed E-state index contributed by atoms with van der Waals surface area (Å²) in [5.74, 6) is -2.01. The van der Waals surface area contributed by atoms with Crippen LogP contribution in [-0.2, 0) is 69.7 Å². The number of aliphatic hydroxyl groups is 1. The number of carboxylic acids is 2. The number of carbonyl (C=O) groups excluding carboxylic acids is 1. The summed E-state index contributed by atoms with van der Waals surface area (Å²) in [6, 6.07) is 14.3. The van der Waals surface area contributed by atoms with Crippen molar-refractivity contribution in [1.29, 1.82) is 0 Å². The largest absolute Gasteiger partial charge is 0.699 e. The fraction of sp³-hybridized carbons (Fsp3) is 0.452. The minimum Gasteiger partial charge on any atom is -0.699 e. The second kappa shape index (κ2) is 20.1. The van der Waals surface area contributed by atoms with Crippen molar-refractivity contribution in [3.63, 3.8) is 0 Å². The van der Waals surface area contributed by atoms with Gasteiger partial charge in [0.25, 0.3) is 0 Å². The van der Waals surface area contributed by atoms with Crippen LogP contribution in [0.2, 0.25) is 0 Å². The van der Waals surface area contributed by atoms with Crippen molar-refractivity contribution in [3.05, 3.63) is 77.5 Å². The van der Waals surface area contributed by atoms with Gasteiger partial charge in [0.1, 0.15) is 18.5 Å². The molecule has 1 aliphatic carbocycles. The Morgan fingerprint density at radius 2 is 1.76 bits per heavy atom. The summed E-state index contributed by atoms with van der Waals surface area (Å²) >= 11 is 0. The molecule has 0 aromatic heterocycles. The van der Waals surface area contributed by atoms with E-state index in [2.05, 4.69) is 10.2 Å². The molecule has 1 saturated heterocycles. The Morgan fingerprint density at radius 3 is 2.44 bits per heavy atom. The fourth-order valence-electron chi connectivity index (χ4n) is 4.65. The maximum absolute atomic E-state index is 12.0. The molecule has 2 unspecified atom stereocenters. The van der Waals surface area contributed by atoms with Crippen molar-refractivity contribution in [1.82, 2.24) is 5.32 Å². The predicted octanol–water partition coefficient (Wildman–Crippen LogP) is 4.84. The molecule has 243 valence electrons. The first-order chi connectivity index (χ1) is 21.1. The molecule has 1 aliphatic heterocycles. The van der Waals surface area contributed by atoms with Crippen molar-refractivity contribution in [3.8, 4) is 5.75 Å². The SMILES string of the molecule is O=C(O)[C@H]1CC/C=C\C(OO)CC1.[NH-]c1ccc(COC(=O)NCCc2ccccc2)c(O[C@H]2CC(O)C[C@@H](C(=O)O)O2)c1.[Y]. The average molecular weight is 705 g/mol. The summed E-state index contributed by atoms with van der Waals surface area (Å²) in [7, 11) is 0. The number of carboxylic acid groups (broad SMARTS) is 2. The van der Waals surface area contributed by atoms with Gasteiger partial charge in [-0.25, -0.2) is 14.5 Å². The molecule has 2 aromatic rings. The molecule has 0 saturated carbocycles. The van der Waals surface area contributed by atoms with Gasteiger partial charge in [0.2, 0.25) is 6.29 Å². The molecule has 1 amide bonds. The number of nitrogens with one attached hydrogen (secondary N) is 2. The standard InChI is InChI=1S/C22H25N2O7.C9H14O4.Y/c23-16-7-6-15(13-29-22(28)24-9-8-14-4-2-1-3-5-14)18(10-16)30-20-12-17(25)11-19(31-20)21(26)27;10-9(11)7-3-1-2-4-8(13-12)6-5-7;/h1-7,10,17,19-20,23,25H,8-9,11-13H2,(H,24,28)(H,26,27);2,4,7-8,12H,1,3,5-6H2,(H,10,11);/q-1;;/b;4-2-;/t17?,19-,20+;7-,8?;/m00./s1. The predicted molar refractivity (Wildman–Crippen MR) is 157 cm³/mol. The van der Waals surface area contributed by atoms with E-state index in [1.165, 1.54) is 12.1 Å². The van der Waals surface area contributed by atoms with Crippen molar-refractivity contribution in [2.75, 3.05) is 6.54 Å². The molecule has 2 aliphatic rings. The maximum atomic E-state index is 12.0. The van der Waals surface area contributed by atoms with E-state index in [9.17, 15) is 19.5 Å². The van der Waals surface area contributed by atoms with Gasteiger partial charge in [-0.15, -0.1) is 5.69 Å². The van der Waals surface area contributed by atoms with Gasteiger partial charge in [0, 0.05) is 57.7 Å². The number of ether oxygens (including phenoxy) is 3. The number of allylic oxidation sites excluding steroid dienone is 1. The normalized spacial score (nSPS) is 23.4. The van der Waals surface area contributed by atoms with Gasteiger partial charge in [-0.05, 0) is 43.7 Å². The van der Waals surface area contributed by atoms with Gasteiger partial charge in [0.05, 0.1) is 12.0 Å². The second-order valence-corrected chi connectivity index (χ2v) is 10.5. The molecule has 6 N–H and O–H groups in total. The van der Waals surface area contributed by atoms with E-state index >= 15 is 0 Å². The third-order valence-electron chi connectivity index (χ3n) is 7.07. The molecule has 1 radical (unpaired) electrons. The van der Waals surface area contributed by atoms with Gasteiger partial charge in [-0.3, -0.25) is 10.1 Å². The van der Waals surface area contributed by atoms with Gasteiger partial charge in [-0.2, -0.15) is 0 Å². The van der Waals surface area contributed by atoms with Crippen LogP contribution in [0.5, 0.6) is 5.75 Å². The van der Waals surface area contributed by atoms with E-state index in [-0.39, 0.29) is 75.6 Å². The van der Waals surface area contributed by atoms with Crippen molar-refractivity contribution in [2.45, 2.75) is 76.2 Å². The summed E-state index contributed by atoms with van der Waals surface area (Å²) < 4.78 is 16.3. The zero-order valence-corrected chi connectivity index (χ0v) is 27.6. The van der Waals surface area contributed by atoms with Gasteiger partial charge >= 0.3 is 18.0 Å². The molecule has 2 aromatic carbocycles. The Kier molecular flexibility index (Phi) is 17.1. The minimum absolute atomic E-state index is 0. The van der Waals surface area contributed by atoms with Crippen LogP contribution in [0, 0.1) is 5.92 Å². The number of carbonyl (C=O) groups is 3. The Hall–Kier alpha value is -3.07.